The predicted molar refractivity (Wildman–Crippen MR) is 59.1 cm³/mol. The van der Waals surface area contributed by atoms with Gasteiger partial charge in [-0.15, -0.1) is 0 Å². The highest BCUT2D eigenvalue weighted by Crippen LogP contribution is 2.28. The van der Waals surface area contributed by atoms with Gasteiger partial charge < -0.3 is 9.84 Å². The molecule has 0 bridgehead atoms. The van der Waals surface area contributed by atoms with Crippen molar-refractivity contribution < 1.29 is 9.84 Å². The molecule has 1 radical (unpaired) electrons. The monoisotopic (exact) mass is 225 g/mol. The Bertz CT molecular complexity index is 310. The minimum atomic E-state index is 0.222. The van der Waals surface area contributed by atoms with E-state index >= 15 is 0 Å². The molecule has 3 heteroatoms. The summed E-state index contributed by atoms with van der Waals surface area (Å²) < 4.78 is 5.74. The van der Waals surface area contributed by atoms with Crippen LogP contribution in [0.5, 0.6) is 5.75 Å². The van der Waals surface area contributed by atoms with E-state index in [2.05, 4.69) is 6.07 Å². The van der Waals surface area contributed by atoms with Crippen LogP contribution < -0.4 is 4.74 Å². The molecular weight excluding hydrogens is 212 g/mol. The number of hydrogen-bond donors (Lipinski definition) is 1. The number of ether oxygens (including phenoxy) is 1. The van der Waals surface area contributed by atoms with Crippen molar-refractivity contribution in [1.29, 1.82) is 0 Å². The van der Waals surface area contributed by atoms with E-state index in [1.54, 1.807) is 12.1 Å². The molecule has 1 fully saturated rings. The molecule has 0 aromatic heterocycles. The number of hydrogen-bond acceptors (Lipinski definition) is 2. The average molecular weight is 226 g/mol. The molecule has 0 saturated heterocycles. The fraction of sp³-hybridized carbons (Fsp3) is 0.500. The van der Waals surface area contributed by atoms with Gasteiger partial charge in [-0.3, -0.25) is 0 Å². The van der Waals surface area contributed by atoms with Crippen LogP contribution in [0.3, 0.4) is 0 Å². The van der Waals surface area contributed by atoms with E-state index in [1.807, 2.05) is 6.07 Å². The molecule has 0 aliphatic heterocycles. The van der Waals surface area contributed by atoms with Crippen molar-refractivity contribution >= 4 is 11.6 Å². The van der Waals surface area contributed by atoms with E-state index < -0.39 is 0 Å². The van der Waals surface area contributed by atoms with Gasteiger partial charge in [0.1, 0.15) is 5.75 Å². The summed E-state index contributed by atoms with van der Waals surface area (Å²) in [6.07, 6.45) is 3.23. The lowest BCUT2D eigenvalue weighted by molar-refractivity contribution is 0.183. The Morgan fingerprint density at radius 3 is 2.93 bits per heavy atom. The van der Waals surface area contributed by atoms with Crippen LogP contribution in [0, 0.1) is 12.0 Å². The molecular formula is C12H14ClO2. The summed E-state index contributed by atoms with van der Waals surface area (Å²) in [6, 6.07) is 8.31. The highest BCUT2D eigenvalue weighted by atomic mass is 35.5. The van der Waals surface area contributed by atoms with Gasteiger partial charge in [0.2, 0.25) is 0 Å². The van der Waals surface area contributed by atoms with Gasteiger partial charge in [-0.25, -0.2) is 0 Å². The summed E-state index contributed by atoms with van der Waals surface area (Å²) in [5.41, 5.74) is 0. The summed E-state index contributed by atoms with van der Waals surface area (Å²) in [4.78, 5) is 0. The third-order valence-corrected chi connectivity index (χ3v) is 3.03. The van der Waals surface area contributed by atoms with E-state index in [1.165, 1.54) is 0 Å². The van der Waals surface area contributed by atoms with Crippen LogP contribution in [0.15, 0.2) is 18.2 Å². The smallest absolute Gasteiger partial charge is 0.127 e. The van der Waals surface area contributed by atoms with Crippen molar-refractivity contribution in [2.75, 3.05) is 6.61 Å². The standard InChI is InChI=1S/C12H14ClO2/c13-10-2-5-11(6-3-10)15-12-4-1-9(7-12)8-14/h2-3,5,9,12,14H,1,4,7-8H2. The maximum absolute atomic E-state index is 9.01. The van der Waals surface area contributed by atoms with Crippen LogP contribution in [0.25, 0.3) is 0 Å². The molecule has 0 spiro atoms. The van der Waals surface area contributed by atoms with Gasteiger partial charge in [0.25, 0.3) is 0 Å². The molecule has 1 aromatic rings. The Hall–Kier alpha value is -0.730. The lowest BCUT2D eigenvalue weighted by Gasteiger charge is -2.13. The van der Waals surface area contributed by atoms with Gasteiger partial charge in [-0.05, 0) is 43.4 Å². The molecule has 1 aromatic carbocycles. The minimum absolute atomic E-state index is 0.222. The Labute approximate surface area is 94.8 Å². The Morgan fingerprint density at radius 1 is 1.47 bits per heavy atom. The van der Waals surface area contributed by atoms with Crippen LogP contribution in [0.4, 0.5) is 0 Å². The first kappa shape index (κ1) is 10.8. The van der Waals surface area contributed by atoms with E-state index in [0.717, 1.165) is 25.0 Å². The van der Waals surface area contributed by atoms with Crippen molar-refractivity contribution in [2.24, 2.45) is 5.92 Å². The Balaban J connectivity index is 1.90. The maximum Gasteiger partial charge on any atom is 0.127 e. The summed E-state index contributed by atoms with van der Waals surface area (Å²) >= 11 is 5.75. The predicted octanol–water partition coefficient (Wildman–Crippen LogP) is 2.68. The fourth-order valence-electron chi connectivity index (χ4n) is 1.95. The quantitative estimate of drug-likeness (QED) is 0.857. The molecule has 1 saturated carbocycles. The first-order valence-electron chi connectivity index (χ1n) is 5.22. The molecule has 15 heavy (non-hydrogen) atoms. The SMILES string of the molecule is OCC1CCC(Oc2[c]cc(Cl)cc2)C1. The summed E-state index contributed by atoms with van der Waals surface area (Å²) in [7, 11) is 0. The molecule has 1 N–H and O–H groups in total. The Kier molecular flexibility index (Phi) is 3.49. The van der Waals surface area contributed by atoms with Gasteiger partial charge in [0.15, 0.2) is 0 Å². The van der Waals surface area contributed by atoms with Crippen LogP contribution >= 0.6 is 11.6 Å². The van der Waals surface area contributed by atoms with E-state index in [-0.39, 0.29) is 12.7 Å². The third kappa shape index (κ3) is 2.86. The number of rotatable bonds is 3. The van der Waals surface area contributed by atoms with E-state index in [4.69, 9.17) is 21.4 Å². The van der Waals surface area contributed by atoms with Crippen molar-refractivity contribution in [1.82, 2.24) is 0 Å². The van der Waals surface area contributed by atoms with Crippen LogP contribution in [-0.2, 0) is 0 Å². The van der Waals surface area contributed by atoms with E-state index in [9.17, 15) is 0 Å². The largest absolute Gasteiger partial charge is 0.490 e. The number of aliphatic hydroxyl groups excluding tert-OH is 1. The first-order valence-corrected chi connectivity index (χ1v) is 5.60. The van der Waals surface area contributed by atoms with Gasteiger partial charge in [0, 0.05) is 17.7 Å². The second-order valence-corrected chi connectivity index (χ2v) is 4.41. The molecule has 81 valence electrons. The lowest BCUT2D eigenvalue weighted by atomic mass is 10.1. The average Bonchev–Trinajstić information content (AvgIpc) is 2.69. The van der Waals surface area contributed by atoms with Gasteiger partial charge in [-0.1, -0.05) is 11.6 Å². The van der Waals surface area contributed by atoms with Crippen LogP contribution in [0.1, 0.15) is 19.3 Å². The number of benzene rings is 1. The second kappa shape index (κ2) is 4.86. The van der Waals surface area contributed by atoms with Gasteiger partial charge in [0.05, 0.1) is 6.10 Å². The minimum Gasteiger partial charge on any atom is -0.490 e. The number of halogens is 1. The Morgan fingerprint density at radius 2 is 2.33 bits per heavy atom. The summed E-state index contributed by atoms with van der Waals surface area (Å²) in [6.45, 7) is 0.268. The molecule has 2 rings (SSSR count). The molecule has 2 nitrogen and oxygen atoms in total. The fourth-order valence-corrected chi connectivity index (χ4v) is 2.06. The van der Waals surface area contributed by atoms with Crippen molar-refractivity contribution in [3.05, 3.63) is 29.3 Å². The van der Waals surface area contributed by atoms with Crippen LogP contribution in [0.2, 0.25) is 5.02 Å². The second-order valence-electron chi connectivity index (χ2n) is 3.97. The molecule has 0 heterocycles. The topological polar surface area (TPSA) is 29.5 Å². The van der Waals surface area contributed by atoms with E-state index in [0.29, 0.717) is 10.9 Å². The highest BCUT2D eigenvalue weighted by molar-refractivity contribution is 6.30. The molecule has 2 atom stereocenters. The van der Waals surface area contributed by atoms with Crippen molar-refractivity contribution in [3.63, 3.8) is 0 Å². The third-order valence-electron chi connectivity index (χ3n) is 2.79. The number of aliphatic hydroxyl groups is 1. The van der Waals surface area contributed by atoms with Gasteiger partial charge >= 0.3 is 0 Å². The normalized spacial score (nSPS) is 25.5. The summed E-state index contributed by atoms with van der Waals surface area (Å²) in [5, 5.41) is 9.67. The van der Waals surface area contributed by atoms with Crippen molar-refractivity contribution in [3.8, 4) is 5.75 Å². The molecule has 2 unspecified atom stereocenters. The zero-order valence-corrected chi connectivity index (χ0v) is 9.20. The molecule has 0 amide bonds. The summed E-state index contributed by atoms with van der Waals surface area (Å²) in [5.74, 6) is 1.14. The molecule has 1 aliphatic rings. The van der Waals surface area contributed by atoms with Gasteiger partial charge in [-0.2, -0.15) is 0 Å². The maximum atomic E-state index is 9.01. The zero-order chi connectivity index (χ0) is 10.7. The highest BCUT2D eigenvalue weighted by Gasteiger charge is 2.25. The van der Waals surface area contributed by atoms with Crippen LogP contribution in [-0.4, -0.2) is 17.8 Å². The van der Waals surface area contributed by atoms with Crippen molar-refractivity contribution in [2.45, 2.75) is 25.4 Å². The first-order chi connectivity index (χ1) is 7.28. The lowest BCUT2D eigenvalue weighted by Crippen LogP contribution is -2.13. The molecule has 1 aliphatic carbocycles. The zero-order valence-electron chi connectivity index (χ0n) is 8.45.